The molecule has 1 rings (SSSR count). The van der Waals surface area contributed by atoms with E-state index in [2.05, 4.69) is 0 Å². The first kappa shape index (κ1) is 11.6. The van der Waals surface area contributed by atoms with E-state index in [-0.39, 0.29) is 4.90 Å². The van der Waals surface area contributed by atoms with E-state index in [4.69, 9.17) is 5.73 Å². The monoisotopic (exact) mass is 232 g/mol. The van der Waals surface area contributed by atoms with Crippen LogP contribution < -0.4 is 10.5 Å². The molecule has 0 unspecified atom stereocenters. The molecule has 0 saturated heterocycles. The van der Waals surface area contributed by atoms with E-state index in [0.717, 1.165) is 12.1 Å². The quantitative estimate of drug-likeness (QED) is 0.741. The molecule has 0 heterocycles. The predicted molar refractivity (Wildman–Crippen MR) is 50.8 cm³/mol. The minimum absolute atomic E-state index is 0.315. The molecule has 0 fully saturated rings. The number of benzene rings is 1. The molecule has 0 bridgehead atoms. The maximum atomic E-state index is 12.7. The molecule has 0 atom stereocenters. The third kappa shape index (κ3) is 3.00. The van der Waals surface area contributed by atoms with Crippen LogP contribution in [0.3, 0.4) is 0 Å². The van der Waals surface area contributed by atoms with Crippen LogP contribution in [-0.2, 0) is 14.8 Å². The van der Waals surface area contributed by atoms with Gasteiger partial charge in [-0.2, -0.15) is 0 Å². The summed E-state index contributed by atoms with van der Waals surface area (Å²) in [7, 11) is -4.01. The van der Waals surface area contributed by atoms with Crippen molar-refractivity contribution in [1.82, 2.24) is 4.72 Å². The predicted octanol–water partition coefficient (Wildman–Crippen LogP) is -0.411. The Kier molecular flexibility index (Phi) is 3.38. The number of nitrogens with two attached hydrogens (primary N) is 1. The summed E-state index contributed by atoms with van der Waals surface area (Å²) in [6.07, 6.45) is 0. The number of rotatable bonds is 3. The van der Waals surface area contributed by atoms with Crippen molar-refractivity contribution in [2.24, 2.45) is 5.73 Å². The Bertz CT molecular complexity index is 473. The second-order valence-corrected chi connectivity index (χ2v) is 4.37. The fourth-order valence-corrected chi connectivity index (χ4v) is 1.91. The van der Waals surface area contributed by atoms with Crippen molar-refractivity contribution in [3.8, 4) is 0 Å². The van der Waals surface area contributed by atoms with Gasteiger partial charge in [0.05, 0.1) is 11.4 Å². The Morgan fingerprint density at radius 3 is 2.67 bits per heavy atom. The lowest BCUT2D eigenvalue weighted by molar-refractivity contribution is -0.118. The van der Waals surface area contributed by atoms with E-state index in [1.165, 1.54) is 12.1 Å². The van der Waals surface area contributed by atoms with E-state index in [1.807, 2.05) is 0 Å². The third-order valence-electron chi connectivity index (χ3n) is 1.54. The Morgan fingerprint density at radius 1 is 1.47 bits per heavy atom. The largest absolute Gasteiger partial charge is 0.322 e. The Labute approximate surface area is 86.1 Å². The highest BCUT2D eigenvalue weighted by Gasteiger charge is 2.16. The zero-order valence-corrected chi connectivity index (χ0v) is 8.42. The maximum Gasteiger partial charge on any atom is 0.264 e. The van der Waals surface area contributed by atoms with Crippen molar-refractivity contribution >= 4 is 15.9 Å². The molecule has 0 spiro atoms. The molecule has 1 aromatic rings. The van der Waals surface area contributed by atoms with Gasteiger partial charge in [0, 0.05) is 0 Å². The summed E-state index contributed by atoms with van der Waals surface area (Å²) in [4.78, 5) is 10.5. The topological polar surface area (TPSA) is 89.3 Å². The molecular formula is C8H9FN2O3S. The van der Waals surface area contributed by atoms with Crippen LogP contribution >= 0.6 is 0 Å². The highest BCUT2D eigenvalue weighted by Crippen LogP contribution is 2.09. The molecule has 82 valence electrons. The number of sulfonamides is 1. The van der Waals surface area contributed by atoms with E-state index in [9.17, 15) is 17.6 Å². The second-order valence-electron chi connectivity index (χ2n) is 2.69. The molecule has 0 aliphatic carbocycles. The number of carbonyl (C=O) groups is 1. The number of halogens is 1. The zero-order valence-electron chi connectivity index (χ0n) is 7.60. The second kappa shape index (κ2) is 4.37. The van der Waals surface area contributed by atoms with Gasteiger partial charge in [0.15, 0.2) is 0 Å². The van der Waals surface area contributed by atoms with Gasteiger partial charge in [-0.3, -0.25) is 4.79 Å². The van der Waals surface area contributed by atoms with Crippen LogP contribution in [0.1, 0.15) is 0 Å². The van der Waals surface area contributed by atoms with Gasteiger partial charge in [0.25, 0.3) is 10.0 Å². The highest BCUT2D eigenvalue weighted by molar-refractivity contribution is 7.90. The van der Waals surface area contributed by atoms with Crippen molar-refractivity contribution < 1.29 is 17.6 Å². The van der Waals surface area contributed by atoms with Gasteiger partial charge in [-0.05, 0) is 18.2 Å². The SMILES string of the molecule is NCC(=O)NS(=O)(=O)c1cccc(F)c1. The number of nitrogens with one attached hydrogen (secondary N) is 1. The first-order valence-electron chi connectivity index (χ1n) is 3.97. The molecule has 3 N–H and O–H groups in total. The van der Waals surface area contributed by atoms with Crippen molar-refractivity contribution in [3.05, 3.63) is 30.1 Å². The van der Waals surface area contributed by atoms with Crippen LogP contribution in [0.4, 0.5) is 4.39 Å². The molecule has 0 radical (unpaired) electrons. The lowest BCUT2D eigenvalue weighted by atomic mass is 10.4. The van der Waals surface area contributed by atoms with Gasteiger partial charge in [0.1, 0.15) is 5.82 Å². The van der Waals surface area contributed by atoms with Gasteiger partial charge < -0.3 is 5.73 Å². The van der Waals surface area contributed by atoms with E-state index < -0.39 is 28.3 Å². The minimum atomic E-state index is -4.01. The van der Waals surface area contributed by atoms with Crippen LogP contribution in [0, 0.1) is 5.82 Å². The molecule has 0 aliphatic rings. The molecule has 7 heteroatoms. The molecule has 1 aromatic carbocycles. The molecule has 1 amide bonds. The van der Waals surface area contributed by atoms with Gasteiger partial charge in [-0.1, -0.05) is 6.07 Å². The average Bonchev–Trinajstić information content (AvgIpc) is 2.17. The summed E-state index contributed by atoms with van der Waals surface area (Å²) in [5.74, 6) is -1.54. The summed E-state index contributed by atoms with van der Waals surface area (Å²) in [5, 5.41) is 0. The van der Waals surface area contributed by atoms with Crippen LogP contribution in [-0.4, -0.2) is 20.9 Å². The molecule has 0 saturated carbocycles. The molecule has 0 aliphatic heterocycles. The first-order chi connectivity index (χ1) is 6.95. The smallest absolute Gasteiger partial charge is 0.264 e. The summed E-state index contributed by atoms with van der Waals surface area (Å²) < 4.78 is 37.2. The van der Waals surface area contributed by atoms with Crippen molar-refractivity contribution in [1.29, 1.82) is 0 Å². The van der Waals surface area contributed by atoms with Crippen LogP contribution in [0.25, 0.3) is 0 Å². The minimum Gasteiger partial charge on any atom is -0.322 e. The molecule has 0 aromatic heterocycles. The third-order valence-corrected chi connectivity index (χ3v) is 2.91. The van der Waals surface area contributed by atoms with Gasteiger partial charge >= 0.3 is 0 Å². The zero-order chi connectivity index (χ0) is 11.5. The highest BCUT2D eigenvalue weighted by atomic mass is 32.2. The fraction of sp³-hybridized carbons (Fsp3) is 0.125. The van der Waals surface area contributed by atoms with Crippen molar-refractivity contribution in [2.75, 3.05) is 6.54 Å². The average molecular weight is 232 g/mol. The van der Waals surface area contributed by atoms with E-state index in [0.29, 0.717) is 0 Å². The fourth-order valence-electron chi connectivity index (χ4n) is 0.885. The number of carbonyl (C=O) groups excluding carboxylic acids is 1. The molecule has 5 nitrogen and oxygen atoms in total. The van der Waals surface area contributed by atoms with Crippen LogP contribution in [0.5, 0.6) is 0 Å². The summed E-state index contributed by atoms with van der Waals surface area (Å²) in [6, 6.07) is 4.32. The van der Waals surface area contributed by atoms with Crippen LogP contribution in [0.15, 0.2) is 29.2 Å². The standard InChI is InChI=1S/C8H9FN2O3S/c9-6-2-1-3-7(4-6)15(13,14)11-8(12)5-10/h1-4H,5,10H2,(H,11,12). The number of hydrogen-bond donors (Lipinski definition) is 2. The lowest BCUT2D eigenvalue weighted by Gasteiger charge is -2.05. The molecular weight excluding hydrogens is 223 g/mol. The maximum absolute atomic E-state index is 12.7. The normalized spacial score (nSPS) is 11.1. The van der Waals surface area contributed by atoms with Crippen molar-refractivity contribution in [3.63, 3.8) is 0 Å². The Hall–Kier alpha value is -1.47. The van der Waals surface area contributed by atoms with Gasteiger partial charge in [-0.25, -0.2) is 17.5 Å². The summed E-state index contributed by atoms with van der Waals surface area (Å²) >= 11 is 0. The summed E-state index contributed by atoms with van der Waals surface area (Å²) in [6.45, 7) is -0.450. The van der Waals surface area contributed by atoms with Crippen LogP contribution in [0.2, 0.25) is 0 Å². The van der Waals surface area contributed by atoms with Gasteiger partial charge in [0.2, 0.25) is 5.91 Å². The van der Waals surface area contributed by atoms with Crippen molar-refractivity contribution in [2.45, 2.75) is 4.90 Å². The summed E-state index contributed by atoms with van der Waals surface area (Å²) in [5.41, 5.74) is 4.94. The van der Waals surface area contributed by atoms with Gasteiger partial charge in [-0.15, -0.1) is 0 Å². The number of hydrogen-bond acceptors (Lipinski definition) is 4. The molecule has 15 heavy (non-hydrogen) atoms. The Morgan fingerprint density at radius 2 is 2.13 bits per heavy atom. The van der Waals surface area contributed by atoms with E-state index >= 15 is 0 Å². The lowest BCUT2D eigenvalue weighted by Crippen LogP contribution is -2.35. The first-order valence-corrected chi connectivity index (χ1v) is 5.45. The van der Waals surface area contributed by atoms with E-state index in [1.54, 1.807) is 4.72 Å². The Balaban J connectivity index is 3.01. The number of amides is 1.